The lowest BCUT2D eigenvalue weighted by Gasteiger charge is -2.08. The Morgan fingerprint density at radius 3 is 2.52 bits per heavy atom. The van der Waals surface area contributed by atoms with Gasteiger partial charge in [0.25, 0.3) is 0 Å². The summed E-state index contributed by atoms with van der Waals surface area (Å²) in [5, 5.41) is 12.4. The summed E-state index contributed by atoms with van der Waals surface area (Å²) in [4.78, 5) is 11.8. The van der Waals surface area contributed by atoms with Gasteiger partial charge in [0.2, 0.25) is 5.91 Å². The molecule has 0 bridgehead atoms. The zero-order valence-corrected chi connectivity index (χ0v) is 11.6. The fourth-order valence-electron chi connectivity index (χ4n) is 1.83. The third-order valence-electron chi connectivity index (χ3n) is 2.90. The van der Waals surface area contributed by atoms with E-state index in [1.54, 1.807) is 0 Å². The second-order valence-electron chi connectivity index (χ2n) is 4.41. The summed E-state index contributed by atoms with van der Waals surface area (Å²) in [6, 6.07) is 7.74. The largest absolute Gasteiger partial charge is 0.506 e. The third-order valence-corrected chi connectivity index (χ3v) is 3.13. The minimum atomic E-state index is -0.687. The molecule has 0 saturated carbocycles. The van der Waals surface area contributed by atoms with Crippen LogP contribution in [0, 0.1) is 11.6 Å². The summed E-state index contributed by atoms with van der Waals surface area (Å²) in [5.41, 5.74) is 0.0180. The Hall–Kier alpha value is -2.14. The van der Waals surface area contributed by atoms with E-state index in [9.17, 15) is 18.7 Å². The van der Waals surface area contributed by atoms with E-state index in [0.717, 1.165) is 12.1 Å². The number of rotatable bonds is 4. The lowest BCUT2D eigenvalue weighted by Crippen LogP contribution is -2.13. The summed E-state index contributed by atoms with van der Waals surface area (Å²) >= 11 is 5.75. The first-order valence-electron chi connectivity index (χ1n) is 6.18. The number of carbonyl (C=O) groups excluding carboxylic acids is 1. The number of amides is 1. The lowest BCUT2D eigenvalue weighted by atomic mass is 10.1. The number of anilines is 1. The number of benzene rings is 2. The van der Waals surface area contributed by atoms with Gasteiger partial charge in [0, 0.05) is 17.0 Å². The van der Waals surface area contributed by atoms with Crippen LogP contribution < -0.4 is 5.32 Å². The van der Waals surface area contributed by atoms with Gasteiger partial charge in [0.05, 0.1) is 5.69 Å². The molecule has 0 radical (unpaired) electrons. The first kappa shape index (κ1) is 15.3. The van der Waals surface area contributed by atoms with Gasteiger partial charge in [-0.25, -0.2) is 8.78 Å². The van der Waals surface area contributed by atoms with Crippen LogP contribution in [0.3, 0.4) is 0 Å². The Morgan fingerprint density at radius 1 is 1.19 bits per heavy atom. The number of aromatic hydroxyl groups is 1. The second-order valence-corrected chi connectivity index (χ2v) is 4.85. The van der Waals surface area contributed by atoms with Crippen LogP contribution in [-0.2, 0) is 11.2 Å². The molecule has 110 valence electrons. The highest BCUT2D eigenvalue weighted by Gasteiger charge is 2.12. The fourth-order valence-corrected chi connectivity index (χ4v) is 2.00. The van der Waals surface area contributed by atoms with E-state index in [0.29, 0.717) is 5.02 Å². The van der Waals surface area contributed by atoms with Crippen LogP contribution in [-0.4, -0.2) is 11.0 Å². The standard InChI is InChI=1S/C15H12ClF2NO2/c16-9-4-6-14(20)13(8-9)19-15(21)7-5-10-11(17)2-1-3-12(10)18/h1-4,6,8,20H,5,7H2,(H,19,21). The highest BCUT2D eigenvalue weighted by molar-refractivity contribution is 6.31. The summed E-state index contributed by atoms with van der Waals surface area (Å²) < 4.78 is 26.8. The molecule has 0 aliphatic rings. The molecule has 2 aromatic rings. The molecule has 0 aromatic heterocycles. The molecular formula is C15H12ClF2NO2. The number of phenolic OH excluding ortho intramolecular Hbond substituents is 1. The summed E-state index contributed by atoms with van der Waals surface area (Å²) in [6.45, 7) is 0. The summed E-state index contributed by atoms with van der Waals surface area (Å²) in [6.07, 6.45) is -0.199. The van der Waals surface area contributed by atoms with Crippen molar-refractivity contribution in [3.63, 3.8) is 0 Å². The van der Waals surface area contributed by atoms with Gasteiger partial charge in [-0.1, -0.05) is 17.7 Å². The maximum absolute atomic E-state index is 13.4. The Bertz CT molecular complexity index is 656. The van der Waals surface area contributed by atoms with E-state index < -0.39 is 17.5 Å². The molecule has 0 saturated heterocycles. The van der Waals surface area contributed by atoms with Gasteiger partial charge in [-0.05, 0) is 36.8 Å². The highest BCUT2D eigenvalue weighted by Crippen LogP contribution is 2.26. The van der Waals surface area contributed by atoms with E-state index in [1.807, 2.05) is 0 Å². The topological polar surface area (TPSA) is 49.3 Å². The van der Waals surface area contributed by atoms with Gasteiger partial charge >= 0.3 is 0 Å². The lowest BCUT2D eigenvalue weighted by molar-refractivity contribution is -0.116. The van der Waals surface area contributed by atoms with E-state index in [4.69, 9.17) is 11.6 Å². The Labute approximate surface area is 125 Å². The summed E-state index contributed by atoms with van der Waals surface area (Å²) in [5.74, 6) is -1.98. The number of phenols is 1. The zero-order valence-electron chi connectivity index (χ0n) is 10.9. The average molecular weight is 312 g/mol. The molecule has 2 N–H and O–H groups in total. The van der Waals surface area contributed by atoms with Crippen LogP contribution in [0.1, 0.15) is 12.0 Å². The third kappa shape index (κ3) is 3.92. The monoisotopic (exact) mass is 311 g/mol. The van der Waals surface area contributed by atoms with E-state index in [2.05, 4.69) is 5.32 Å². The maximum atomic E-state index is 13.4. The molecule has 0 atom stereocenters. The van der Waals surface area contributed by atoms with Gasteiger partial charge in [-0.2, -0.15) is 0 Å². The molecule has 0 heterocycles. The predicted octanol–water partition coefficient (Wildman–Crippen LogP) is 3.90. The molecule has 0 fully saturated rings. The van der Waals surface area contributed by atoms with Crippen molar-refractivity contribution < 1.29 is 18.7 Å². The van der Waals surface area contributed by atoms with Crippen LogP contribution >= 0.6 is 11.6 Å². The highest BCUT2D eigenvalue weighted by atomic mass is 35.5. The molecule has 0 aliphatic heterocycles. The average Bonchev–Trinajstić information content (AvgIpc) is 2.42. The Balaban J connectivity index is 2.01. The molecule has 6 heteroatoms. The van der Waals surface area contributed by atoms with E-state index >= 15 is 0 Å². The quantitative estimate of drug-likeness (QED) is 0.841. The van der Waals surface area contributed by atoms with Gasteiger partial charge in [0.15, 0.2) is 0 Å². The number of carbonyl (C=O) groups is 1. The molecule has 3 nitrogen and oxygen atoms in total. The van der Waals surface area contributed by atoms with Crippen LogP contribution in [0.2, 0.25) is 5.02 Å². The van der Waals surface area contributed by atoms with Crippen molar-refractivity contribution in [3.8, 4) is 5.75 Å². The van der Waals surface area contributed by atoms with E-state index in [1.165, 1.54) is 24.3 Å². The minimum absolute atomic E-state index is 0.0777. The molecule has 21 heavy (non-hydrogen) atoms. The van der Waals surface area contributed by atoms with Gasteiger partial charge < -0.3 is 10.4 Å². The van der Waals surface area contributed by atoms with Crippen LogP contribution in [0.15, 0.2) is 36.4 Å². The molecule has 1 amide bonds. The zero-order chi connectivity index (χ0) is 15.4. The fraction of sp³-hybridized carbons (Fsp3) is 0.133. The number of hydrogen-bond donors (Lipinski definition) is 2. The number of halogens is 3. The minimum Gasteiger partial charge on any atom is -0.506 e. The molecule has 2 aromatic carbocycles. The normalized spacial score (nSPS) is 10.4. The van der Waals surface area contributed by atoms with Gasteiger partial charge in [0.1, 0.15) is 17.4 Å². The van der Waals surface area contributed by atoms with Crippen molar-refractivity contribution >= 4 is 23.2 Å². The molecular weight excluding hydrogens is 300 g/mol. The Kier molecular flexibility index (Phi) is 4.75. The number of nitrogens with one attached hydrogen (secondary N) is 1. The van der Waals surface area contributed by atoms with Gasteiger partial charge in [-0.15, -0.1) is 0 Å². The van der Waals surface area contributed by atoms with Crippen molar-refractivity contribution in [1.29, 1.82) is 0 Å². The Morgan fingerprint density at radius 2 is 1.86 bits per heavy atom. The second kappa shape index (κ2) is 6.54. The molecule has 2 rings (SSSR count). The smallest absolute Gasteiger partial charge is 0.224 e. The molecule has 0 aliphatic carbocycles. The predicted molar refractivity (Wildman–Crippen MR) is 76.4 cm³/mol. The number of hydrogen-bond acceptors (Lipinski definition) is 2. The maximum Gasteiger partial charge on any atom is 0.224 e. The first-order chi connectivity index (χ1) is 9.97. The van der Waals surface area contributed by atoms with Crippen LogP contribution in [0.4, 0.5) is 14.5 Å². The first-order valence-corrected chi connectivity index (χ1v) is 6.56. The SMILES string of the molecule is O=C(CCc1c(F)cccc1F)Nc1cc(Cl)ccc1O. The molecule has 0 spiro atoms. The van der Waals surface area contributed by atoms with Crippen molar-refractivity contribution in [2.24, 2.45) is 0 Å². The molecule has 0 unspecified atom stereocenters. The van der Waals surface area contributed by atoms with Crippen molar-refractivity contribution in [3.05, 3.63) is 58.6 Å². The van der Waals surface area contributed by atoms with Crippen molar-refractivity contribution in [2.45, 2.75) is 12.8 Å². The van der Waals surface area contributed by atoms with Gasteiger partial charge in [-0.3, -0.25) is 4.79 Å². The van der Waals surface area contributed by atoms with Crippen molar-refractivity contribution in [2.75, 3.05) is 5.32 Å². The van der Waals surface area contributed by atoms with E-state index in [-0.39, 0.29) is 29.8 Å². The van der Waals surface area contributed by atoms with Crippen LogP contribution in [0.5, 0.6) is 5.75 Å². The van der Waals surface area contributed by atoms with Crippen LogP contribution in [0.25, 0.3) is 0 Å². The van der Waals surface area contributed by atoms with Crippen molar-refractivity contribution in [1.82, 2.24) is 0 Å². The summed E-state index contributed by atoms with van der Waals surface area (Å²) in [7, 11) is 0.